The van der Waals surface area contributed by atoms with Gasteiger partial charge in [-0.15, -0.1) is 0 Å². The number of halogens is 1. The Morgan fingerprint density at radius 2 is 2.23 bits per heavy atom. The summed E-state index contributed by atoms with van der Waals surface area (Å²) in [7, 11) is 1.58. The molecule has 0 bridgehead atoms. The van der Waals surface area contributed by atoms with Gasteiger partial charge in [0.25, 0.3) is 0 Å². The lowest BCUT2D eigenvalue weighted by Crippen LogP contribution is -3.00. The number of hydrogen-bond acceptors (Lipinski definition) is 2. The van der Waals surface area contributed by atoms with Crippen molar-refractivity contribution in [2.24, 2.45) is 0 Å². The van der Waals surface area contributed by atoms with Crippen molar-refractivity contribution in [2.45, 2.75) is 0 Å². The van der Waals surface area contributed by atoms with Crippen molar-refractivity contribution >= 4 is 5.78 Å². The molecule has 0 aliphatic rings. The molecule has 0 aliphatic heterocycles. The summed E-state index contributed by atoms with van der Waals surface area (Å²) >= 11 is 0. The third-order valence-electron chi connectivity index (χ3n) is 1.62. The SMILES string of the molecule is COc1cccc(C(=O)C[NH3+])c1.[Cl-]. The second-order valence-corrected chi connectivity index (χ2v) is 2.41. The molecular formula is C9H12ClNO2. The van der Waals surface area contributed by atoms with Crippen LogP contribution in [0.5, 0.6) is 5.75 Å². The molecule has 0 aromatic heterocycles. The van der Waals surface area contributed by atoms with E-state index in [4.69, 9.17) is 4.74 Å². The van der Waals surface area contributed by atoms with Gasteiger partial charge >= 0.3 is 0 Å². The van der Waals surface area contributed by atoms with Gasteiger partial charge in [0.15, 0.2) is 0 Å². The number of quaternary nitrogens is 1. The minimum Gasteiger partial charge on any atom is -1.00 e. The Hall–Kier alpha value is -1.06. The first-order valence-electron chi connectivity index (χ1n) is 3.74. The largest absolute Gasteiger partial charge is 1.00 e. The van der Waals surface area contributed by atoms with E-state index in [2.05, 4.69) is 5.73 Å². The van der Waals surface area contributed by atoms with Crippen LogP contribution in [-0.4, -0.2) is 19.4 Å². The predicted molar refractivity (Wildman–Crippen MR) is 45.1 cm³/mol. The first kappa shape index (κ1) is 11.9. The van der Waals surface area contributed by atoms with E-state index >= 15 is 0 Å². The van der Waals surface area contributed by atoms with Gasteiger partial charge in [0.2, 0.25) is 5.78 Å². The van der Waals surface area contributed by atoms with E-state index in [1.54, 1.807) is 31.4 Å². The molecule has 1 aromatic carbocycles. The molecule has 0 radical (unpaired) electrons. The molecule has 0 atom stereocenters. The highest BCUT2D eigenvalue weighted by Gasteiger charge is 2.04. The number of Topliss-reactive ketones (excluding diaryl/α,β-unsaturated/α-hetero) is 1. The maximum atomic E-state index is 11.2. The standard InChI is InChI=1S/C9H11NO2.ClH/c1-12-8-4-2-3-7(5-8)9(11)6-10;/h2-5H,6,10H2,1H3;1H. The van der Waals surface area contributed by atoms with Gasteiger partial charge in [-0.05, 0) is 12.1 Å². The van der Waals surface area contributed by atoms with Crippen LogP contribution in [-0.2, 0) is 0 Å². The van der Waals surface area contributed by atoms with Crippen molar-refractivity contribution in [2.75, 3.05) is 13.7 Å². The fourth-order valence-corrected chi connectivity index (χ4v) is 0.941. The Kier molecular flexibility index (Phi) is 5.11. The molecule has 72 valence electrons. The zero-order chi connectivity index (χ0) is 8.97. The molecule has 0 spiro atoms. The molecule has 3 nitrogen and oxygen atoms in total. The van der Waals surface area contributed by atoms with Crippen molar-refractivity contribution in [1.82, 2.24) is 0 Å². The summed E-state index contributed by atoms with van der Waals surface area (Å²) in [5, 5.41) is 0. The number of carbonyl (C=O) groups excluding carboxylic acids is 1. The number of ether oxygens (including phenoxy) is 1. The summed E-state index contributed by atoms with van der Waals surface area (Å²) in [6.07, 6.45) is 0. The van der Waals surface area contributed by atoms with Gasteiger partial charge in [-0.25, -0.2) is 0 Å². The molecule has 0 heterocycles. The molecule has 0 saturated heterocycles. The predicted octanol–water partition coefficient (Wildman–Crippen LogP) is -2.88. The second kappa shape index (κ2) is 5.56. The monoisotopic (exact) mass is 201 g/mol. The number of ketones is 1. The Morgan fingerprint density at radius 1 is 1.54 bits per heavy atom. The average Bonchev–Trinajstić information content (AvgIpc) is 2.17. The van der Waals surface area contributed by atoms with E-state index in [0.29, 0.717) is 11.3 Å². The highest BCUT2D eigenvalue weighted by Crippen LogP contribution is 2.12. The Morgan fingerprint density at radius 3 is 2.77 bits per heavy atom. The molecule has 4 heteroatoms. The number of methoxy groups -OCH3 is 1. The summed E-state index contributed by atoms with van der Waals surface area (Å²) in [5.41, 5.74) is 4.18. The van der Waals surface area contributed by atoms with Crippen molar-refractivity contribution in [3.63, 3.8) is 0 Å². The molecule has 0 amide bonds. The van der Waals surface area contributed by atoms with Gasteiger partial charge in [0, 0.05) is 5.56 Å². The molecule has 13 heavy (non-hydrogen) atoms. The lowest BCUT2D eigenvalue weighted by Gasteiger charge is -2.00. The topological polar surface area (TPSA) is 53.9 Å². The van der Waals surface area contributed by atoms with Gasteiger partial charge in [0.1, 0.15) is 12.3 Å². The Bertz CT molecular complexity index is 289. The fourth-order valence-electron chi connectivity index (χ4n) is 0.941. The van der Waals surface area contributed by atoms with Crippen LogP contribution < -0.4 is 22.9 Å². The molecule has 3 N–H and O–H groups in total. The molecule has 1 aromatic rings. The molecule has 1 rings (SSSR count). The van der Waals surface area contributed by atoms with Crippen molar-refractivity contribution in [3.05, 3.63) is 29.8 Å². The molecule has 0 unspecified atom stereocenters. The van der Waals surface area contributed by atoms with Gasteiger partial charge < -0.3 is 22.9 Å². The lowest BCUT2D eigenvalue weighted by molar-refractivity contribution is -0.349. The molecule has 0 fully saturated rings. The highest BCUT2D eigenvalue weighted by molar-refractivity contribution is 5.97. The third kappa shape index (κ3) is 3.05. The van der Waals surface area contributed by atoms with Gasteiger partial charge in [0.05, 0.1) is 7.11 Å². The molecular weight excluding hydrogens is 190 g/mol. The number of rotatable bonds is 3. The summed E-state index contributed by atoms with van der Waals surface area (Å²) < 4.78 is 4.98. The third-order valence-corrected chi connectivity index (χ3v) is 1.62. The van der Waals surface area contributed by atoms with E-state index in [1.165, 1.54) is 0 Å². The molecule has 0 aliphatic carbocycles. The van der Waals surface area contributed by atoms with Crippen LogP contribution in [0.3, 0.4) is 0 Å². The summed E-state index contributed by atoms with van der Waals surface area (Å²) in [6.45, 7) is 0.285. The second-order valence-electron chi connectivity index (χ2n) is 2.41. The Balaban J connectivity index is 0.00000144. The summed E-state index contributed by atoms with van der Waals surface area (Å²) in [4.78, 5) is 11.2. The number of benzene rings is 1. The zero-order valence-corrected chi connectivity index (χ0v) is 8.17. The van der Waals surface area contributed by atoms with E-state index in [9.17, 15) is 4.79 Å². The van der Waals surface area contributed by atoms with E-state index < -0.39 is 0 Å². The van der Waals surface area contributed by atoms with E-state index in [0.717, 1.165) is 0 Å². The van der Waals surface area contributed by atoms with Crippen LogP contribution in [0.25, 0.3) is 0 Å². The Labute approximate surface area is 83.3 Å². The maximum Gasteiger partial charge on any atom is 0.216 e. The maximum absolute atomic E-state index is 11.2. The van der Waals surface area contributed by atoms with Crippen LogP contribution in [0.2, 0.25) is 0 Å². The van der Waals surface area contributed by atoms with Gasteiger partial charge in [-0.1, -0.05) is 12.1 Å². The first-order chi connectivity index (χ1) is 5.77. The van der Waals surface area contributed by atoms with E-state index in [1.807, 2.05) is 0 Å². The van der Waals surface area contributed by atoms with Crippen LogP contribution in [0.1, 0.15) is 10.4 Å². The highest BCUT2D eigenvalue weighted by atomic mass is 35.5. The van der Waals surface area contributed by atoms with Crippen molar-refractivity contribution in [1.29, 1.82) is 0 Å². The normalized spacial score (nSPS) is 8.77. The summed E-state index contributed by atoms with van der Waals surface area (Å²) in [6, 6.07) is 7.07. The van der Waals surface area contributed by atoms with Crippen molar-refractivity contribution in [3.8, 4) is 5.75 Å². The minimum atomic E-state index is 0. The quantitative estimate of drug-likeness (QED) is 0.535. The van der Waals surface area contributed by atoms with Crippen molar-refractivity contribution < 1.29 is 27.7 Å². The van der Waals surface area contributed by atoms with Crippen LogP contribution in [0.15, 0.2) is 24.3 Å². The number of carbonyl (C=O) groups is 1. The van der Waals surface area contributed by atoms with Crippen LogP contribution >= 0.6 is 0 Å². The van der Waals surface area contributed by atoms with E-state index in [-0.39, 0.29) is 24.7 Å². The summed E-state index contributed by atoms with van der Waals surface area (Å²) in [5.74, 6) is 0.739. The van der Waals surface area contributed by atoms with Crippen LogP contribution in [0, 0.1) is 0 Å². The zero-order valence-electron chi connectivity index (χ0n) is 7.42. The number of hydrogen-bond donors (Lipinski definition) is 1. The van der Waals surface area contributed by atoms with Crippen LogP contribution in [0.4, 0.5) is 0 Å². The first-order valence-corrected chi connectivity index (χ1v) is 3.74. The lowest BCUT2D eigenvalue weighted by atomic mass is 10.1. The fraction of sp³-hybridized carbons (Fsp3) is 0.222. The smallest absolute Gasteiger partial charge is 0.216 e. The minimum absolute atomic E-state index is 0. The van der Waals surface area contributed by atoms with Gasteiger partial charge in [-0.2, -0.15) is 0 Å². The van der Waals surface area contributed by atoms with Gasteiger partial charge in [-0.3, -0.25) is 4.79 Å². The molecule has 0 saturated carbocycles. The average molecular weight is 202 g/mol.